The number of pyridine rings is 1. The molecule has 2 aliphatic heterocycles. The van der Waals surface area contributed by atoms with Crippen LogP contribution in [-0.4, -0.2) is 37.2 Å². The number of aromatic hydroxyl groups is 1. The molecule has 1 spiro atoms. The normalized spacial score (nSPS) is 17.6. The summed E-state index contributed by atoms with van der Waals surface area (Å²) in [6, 6.07) is 12.4. The summed E-state index contributed by atoms with van der Waals surface area (Å²) in [6.45, 7) is 3.17. The first-order valence-electron chi connectivity index (χ1n) is 12.6. The predicted octanol–water partition coefficient (Wildman–Crippen LogP) is 4.22. The molecule has 9 heteroatoms. The van der Waals surface area contributed by atoms with Crippen molar-refractivity contribution < 1.29 is 18.6 Å². The third-order valence-corrected chi connectivity index (χ3v) is 7.85. The van der Waals surface area contributed by atoms with Crippen molar-refractivity contribution in [3.8, 4) is 5.88 Å². The topological polar surface area (TPSA) is 72.5 Å². The van der Waals surface area contributed by atoms with Crippen LogP contribution in [-0.2, 0) is 30.5 Å². The van der Waals surface area contributed by atoms with Gasteiger partial charge in [-0.15, -0.1) is 0 Å². The molecule has 1 unspecified atom stereocenters. The van der Waals surface area contributed by atoms with Crippen molar-refractivity contribution >= 4 is 0 Å². The van der Waals surface area contributed by atoms with Gasteiger partial charge in [0, 0.05) is 44.6 Å². The fraction of sp³-hybridized carbons (Fsp3) is 0.310. The number of rotatable bonds is 5. The minimum absolute atomic E-state index is 0.244. The van der Waals surface area contributed by atoms with Gasteiger partial charge in [0.05, 0.1) is 24.4 Å². The van der Waals surface area contributed by atoms with Gasteiger partial charge in [-0.2, -0.15) is 0 Å². The molecule has 2 aromatic heterocycles. The van der Waals surface area contributed by atoms with Crippen LogP contribution in [0.1, 0.15) is 46.7 Å². The van der Waals surface area contributed by atoms with Gasteiger partial charge in [0.15, 0.2) is 11.6 Å². The van der Waals surface area contributed by atoms with E-state index in [0.29, 0.717) is 17.7 Å². The highest BCUT2D eigenvalue weighted by atomic mass is 19.2. The van der Waals surface area contributed by atoms with E-state index in [9.17, 15) is 18.7 Å². The van der Waals surface area contributed by atoms with Crippen LogP contribution in [0.4, 0.5) is 8.78 Å². The number of aromatic nitrogens is 3. The summed E-state index contributed by atoms with van der Waals surface area (Å²) in [6.07, 6.45) is 6.86. The highest BCUT2D eigenvalue weighted by Crippen LogP contribution is 2.43. The fourth-order valence-electron chi connectivity index (χ4n) is 5.78. The maximum atomic E-state index is 14.1. The number of hydrogen-bond acceptors (Lipinski definition) is 5. The lowest BCUT2D eigenvalue weighted by atomic mass is 9.84. The first kappa shape index (κ1) is 24.5. The van der Waals surface area contributed by atoms with E-state index in [4.69, 9.17) is 4.74 Å². The maximum absolute atomic E-state index is 14.1. The first-order valence-corrected chi connectivity index (χ1v) is 12.6. The molecule has 1 saturated heterocycles. The third kappa shape index (κ3) is 4.21. The number of benzene rings is 2. The highest BCUT2D eigenvalue weighted by molar-refractivity contribution is 5.37. The van der Waals surface area contributed by atoms with E-state index in [2.05, 4.69) is 9.88 Å². The number of hydrogen-bond donors (Lipinski definition) is 1. The number of halogens is 2. The van der Waals surface area contributed by atoms with Gasteiger partial charge in [-0.05, 0) is 53.3 Å². The van der Waals surface area contributed by atoms with E-state index in [0.717, 1.165) is 50.2 Å². The summed E-state index contributed by atoms with van der Waals surface area (Å²) in [7, 11) is 1.53. The molecule has 0 aliphatic carbocycles. The molecular weight excluding hydrogens is 490 g/mol. The summed E-state index contributed by atoms with van der Waals surface area (Å²) >= 11 is 0. The number of aryl methyl sites for hydroxylation is 1. The summed E-state index contributed by atoms with van der Waals surface area (Å²) in [5.74, 6) is -2.25. The highest BCUT2D eigenvalue weighted by Gasteiger charge is 2.42. The lowest BCUT2D eigenvalue weighted by Crippen LogP contribution is -2.42. The number of likely N-dealkylation sites (tertiary alicyclic amines) is 1. The van der Waals surface area contributed by atoms with Gasteiger partial charge in [-0.1, -0.05) is 30.3 Å². The maximum Gasteiger partial charge on any atom is 0.331 e. The Bertz CT molecular complexity index is 1540. The van der Waals surface area contributed by atoms with Gasteiger partial charge in [0.25, 0.3) is 0 Å². The Morgan fingerprint density at radius 1 is 1.05 bits per heavy atom. The minimum Gasteiger partial charge on any atom is -0.493 e. The SMILES string of the molecule is Cn1cc(O)n(C(c2ccc(CN3CCC4(CC3)OCc3ccncc34)cc2)c2ccc(F)c(F)c2)c1=O. The Balaban J connectivity index is 1.22. The zero-order valence-electron chi connectivity index (χ0n) is 21.0. The Labute approximate surface area is 218 Å². The molecule has 2 aliphatic rings. The standard InChI is InChI=1S/C29H28F2N4O3/c1-33-17-26(36)35(28(33)37)27(21-6-7-24(30)25(31)14-21)20-4-2-19(3-5-20)16-34-12-9-29(10-13-34)23-15-32-11-8-22(23)18-38-29/h2-8,11,14-15,17,27,36H,9-10,12-13,16,18H2,1H3. The summed E-state index contributed by atoms with van der Waals surface area (Å²) < 4.78 is 36.5. The Kier molecular flexibility index (Phi) is 6.12. The largest absolute Gasteiger partial charge is 0.493 e. The van der Waals surface area contributed by atoms with Crippen molar-refractivity contribution in [1.29, 1.82) is 0 Å². The molecule has 0 saturated carbocycles. The van der Waals surface area contributed by atoms with Crippen molar-refractivity contribution in [3.63, 3.8) is 0 Å². The fourth-order valence-corrected chi connectivity index (χ4v) is 5.78. The smallest absolute Gasteiger partial charge is 0.331 e. The van der Waals surface area contributed by atoms with E-state index < -0.39 is 23.4 Å². The third-order valence-electron chi connectivity index (χ3n) is 7.85. The number of fused-ring (bicyclic) bond motifs is 2. The molecule has 6 rings (SSSR count). The summed E-state index contributed by atoms with van der Waals surface area (Å²) in [5, 5.41) is 10.5. The predicted molar refractivity (Wildman–Crippen MR) is 137 cm³/mol. The average molecular weight is 519 g/mol. The summed E-state index contributed by atoms with van der Waals surface area (Å²) in [5.41, 5.74) is 3.85. The van der Waals surface area contributed by atoms with Crippen molar-refractivity contribution in [2.24, 2.45) is 7.05 Å². The van der Waals surface area contributed by atoms with E-state index in [-0.39, 0.29) is 11.5 Å². The van der Waals surface area contributed by atoms with Gasteiger partial charge in [0.1, 0.15) is 0 Å². The molecule has 1 fully saturated rings. The molecule has 0 amide bonds. The van der Waals surface area contributed by atoms with Crippen molar-refractivity contribution in [2.45, 2.75) is 37.6 Å². The van der Waals surface area contributed by atoms with E-state index in [1.807, 2.05) is 42.7 Å². The molecule has 0 radical (unpaired) electrons. The van der Waals surface area contributed by atoms with E-state index >= 15 is 0 Å². The van der Waals surface area contributed by atoms with Crippen LogP contribution in [0, 0.1) is 11.6 Å². The second-order valence-corrected chi connectivity index (χ2v) is 10.2. The van der Waals surface area contributed by atoms with Gasteiger partial charge < -0.3 is 9.84 Å². The number of ether oxygens (including phenoxy) is 1. The molecule has 4 heterocycles. The Morgan fingerprint density at radius 3 is 2.47 bits per heavy atom. The van der Waals surface area contributed by atoms with Crippen LogP contribution in [0.2, 0.25) is 0 Å². The van der Waals surface area contributed by atoms with Gasteiger partial charge in [-0.3, -0.25) is 19.0 Å². The van der Waals surface area contributed by atoms with E-state index in [1.165, 1.54) is 39.6 Å². The van der Waals surface area contributed by atoms with Crippen LogP contribution < -0.4 is 5.69 Å². The lowest BCUT2D eigenvalue weighted by Gasteiger charge is -2.39. The first-order chi connectivity index (χ1) is 18.3. The van der Waals surface area contributed by atoms with Crippen molar-refractivity contribution in [1.82, 2.24) is 19.0 Å². The van der Waals surface area contributed by atoms with Crippen LogP contribution >= 0.6 is 0 Å². The second-order valence-electron chi connectivity index (χ2n) is 10.2. The zero-order chi connectivity index (χ0) is 26.4. The molecular formula is C29H28F2N4O3. The van der Waals surface area contributed by atoms with E-state index in [1.54, 1.807) is 0 Å². The van der Waals surface area contributed by atoms with Crippen molar-refractivity contribution in [3.05, 3.63) is 117 Å². The Hall–Kier alpha value is -3.82. The van der Waals surface area contributed by atoms with Crippen LogP contribution in [0.3, 0.4) is 0 Å². The molecule has 4 aromatic rings. The van der Waals surface area contributed by atoms with Crippen LogP contribution in [0.15, 0.2) is 71.9 Å². The number of imidazole rings is 1. The van der Waals surface area contributed by atoms with Crippen LogP contribution in [0.25, 0.3) is 0 Å². The molecule has 0 bridgehead atoms. The number of piperidine rings is 1. The van der Waals surface area contributed by atoms with Crippen LogP contribution in [0.5, 0.6) is 5.88 Å². The van der Waals surface area contributed by atoms with Gasteiger partial charge in [-0.25, -0.2) is 13.6 Å². The van der Waals surface area contributed by atoms with Gasteiger partial charge in [0.2, 0.25) is 5.88 Å². The zero-order valence-corrected chi connectivity index (χ0v) is 21.0. The minimum atomic E-state index is -1.01. The molecule has 1 atom stereocenters. The second kappa shape index (κ2) is 9.49. The Morgan fingerprint density at radius 2 is 1.79 bits per heavy atom. The monoisotopic (exact) mass is 518 g/mol. The summed E-state index contributed by atoms with van der Waals surface area (Å²) in [4.78, 5) is 19.5. The molecule has 38 heavy (non-hydrogen) atoms. The molecule has 7 nitrogen and oxygen atoms in total. The van der Waals surface area contributed by atoms with Crippen molar-refractivity contribution in [2.75, 3.05) is 13.1 Å². The lowest BCUT2D eigenvalue weighted by molar-refractivity contribution is -0.0800. The molecule has 1 N–H and O–H groups in total. The number of nitrogens with zero attached hydrogens (tertiary/aromatic N) is 4. The van der Waals surface area contributed by atoms with Gasteiger partial charge >= 0.3 is 5.69 Å². The quantitative estimate of drug-likeness (QED) is 0.428. The average Bonchev–Trinajstić information content (AvgIpc) is 3.40. The molecule has 2 aromatic carbocycles. The molecule has 196 valence electrons.